The second-order valence-corrected chi connectivity index (χ2v) is 6.35. The van der Waals surface area contributed by atoms with E-state index in [0.29, 0.717) is 11.9 Å². The van der Waals surface area contributed by atoms with Gasteiger partial charge in [-0.3, -0.25) is 9.89 Å². The molecule has 0 bridgehead atoms. The van der Waals surface area contributed by atoms with E-state index in [0.717, 1.165) is 51.5 Å². The van der Waals surface area contributed by atoms with Crippen molar-refractivity contribution < 1.29 is 4.39 Å². The van der Waals surface area contributed by atoms with Gasteiger partial charge in [-0.15, -0.1) is 24.0 Å². The van der Waals surface area contributed by atoms with Crippen LogP contribution in [0.2, 0.25) is 0 Å². The summed E-state index contributed by atoms with van der Waals surface area (Å²) >= 11 is 0. The maximum Gasteiger partial charge on any atom is 0.188 e. The number of rotatable bonds is 6. The Morgan fingerprint density at radius 2 is 1.83 bits per heavy atom. The molecule has 0 radical (unpaired) electrons. The lowest BCUT2D eigenvalue weighted by Crippen LogP contribution is -2.49. The molecule has 7 heteroatoms. The number of guanidine groups is 1. The number of hydrogen-bond acceptors (Lipinski definition) is 3. The van der Waals surface area contributed by atoms with Gasteiger partial charge in [0.2, 0.25) is 0 Å². The molecule has 0 spiro atoms. The van der Waals surface area contributed by atoms with E-state index in [-0.39, 0.29) is 29.8 Å². The highest BCUT2D eigenvalue weighted by Crippen LogP contribution is 2.16. The average Bonchev–Trinajstić information content (AvgIpc) is 2.54. The van der Waals surface area contributed by atoms with E-state index < -0.39 is 0 Å². The van der Waals surface area contributed by atoms with Gasteiger partial charge >= 0.3 is 0 Å². The molecule has 1 aromatic carbocycles. The van der Waals surface area contributed by atoms with Crippen LogP contribution >= 0.6 is 24.0 Å². The summed E-state index contributed by atoms with van der Waals surface area (Å²) in [6.07, 6.45) is 0. The lowest BCUT2D eigenvalue weighted by Gasteiger charge is -2.36. The molecule has 24 heavy (non-hydrogen) atoms. The van der Waals surface area contributed by atoms with Gasteiger partial charge in [0.25, 0.3) is 0 Å². The first-order valence-electron chi connectivity index (χ1n) is 8.31. The van der Waals surface area contributed by atoms with Gasteiger partial charge < -0.3 is 16.0 Å². The van der Waals surface area contributed by atoms with E-state index >= 15 is 0 Å². The summed E-state index contributed by atoms with van der Waals surface area (Å²) in [5, 5.41) is 3.17. The summed E-state index contributed by atoms with van der Waals surface area (Å²) in [5.41, 5.74) is 6.92. The lowest BCUT2D eigenvalue weighted by molar-refractivity contribution is 0.261. The number of nitrogens with two attached hydrogens (primary N) is 1. The third kappa shape index (κ3) is 7.21. The molecule has 1 fully saturated rings. The van der Waals surface area contributed by atoms with Crippen molar-refractivity contribution >= 4 is 35.6 Å². The van der Waals surface area contributed by atoms with Gasteiger partial charge in [0.15, 0.2) is 5.96 Å². The van der Waals surface area contributed by atoms with Crippen molar-refractivity contribution in [3.05, 3.63) is 30.1 Å². The molecule has 0 saturated carbocycles. The van der Waals surface area contributed by atoms with Gasteiger partial charge in [-0.2, -0.15) is 0 Å². The van der Waals surface area contributed by atoms with Crippen LogP contribution in [0.5, 0.6) is 0 Å². The normalized spacial score (nSPS) is 16.2. The second kappa shape index (κ2) is 10.7. The molecule has 136 valence electrons. The zero-order valence-electron chi connectivity index (χ0n) is 14.5. The van der Waals surface area contributed by atoms with Crippen LogP contribution in [0, 0.1) is 11.7 Å². The number of nitrogens with one attached hydrogen (secondary N) is 1. The number of halogens is 2. The summed E-state index contributed by atoms with van der Waals surface area (Å²) in [4.78, 5) is 8.99. The standard InChI is InChI=1S/C17H28FN5.HI/c1-14(2)13-21-17(19)20-7-8-22-9-11-23(12-10-22)16-5-3-15(18)4-6-16;/h3-6,14H,7-13H2,1-2H3,(H3,19,20,21);1H. The highest BCUT2D eigenvalue weighted by atomic mass is 127. The quantitative estimate of drug-likeness (QED) is 0.397. The smallest absolute Gasteiger partial charge is 0.188 e. The van der Waals surface area contributed by atoms with E-state index in [1.165, 1.54) is 12.1 Å². The number of aliphatic imine (C=N–C) groups is 1. The molecule has 2 rings (SSSR count). The average molecular weight is 449 g/mol. The Balaban J connectivity index is 0.00000288. The first-order valence-corrected chi connectivity index (χ1v) is 8.31. The Bertz CT molecular complexity index is 498. The monoisotopic (exact) mass is 449 g/mol. The number of piperazine rings is 1. The molecule has 0 unspecified atom stereocenters. The van der Waals surface area contributed by atoms with Crippen LogP contribution in [0.25, 0.3) is 0 Å². The molecule has 1 saturated heterocycles. The summed E-state index contributed by atoms with van der Waals surface area (Å²) < 4.78 is 13.0. The number of hydrogen-bond donors (Lipinski definition) is 2. The second-order valence-electron chi connectivity index (χ2n) is 6.35. The van der Waals surface area contributed by atoms with Crippen LogP contribution in [0.3, 0.4) is 0 Å². The predicted molar refractivity (Wildman–Crippen MR) is 110 cm³/mol. The van der Waals surface area contributed by atoms with Crippen LogP contribution < -0.4 is 16.0 Å². The van der Waals surface area contributed by atoms with Gasteiger partial charge in [-0.25, -0.2) is 4.39 Å². The molecule has 0 atom stereocenters. The van der Waals surface area contributed by atoms with Crippen molar-refractivity contribution in [2.24, 2.45) is 16.6 Å². The molecule has 0 aliphatic carbocycles. The summed E-state index contributed by atoms with van der Waals surface area (Å²) in [6.45, 7) is 10.7. The Hall–Kier alpha value is -1.09. The van der Waals surface area contributed by atoms with E-state index in [1.54, 1.807) is 0 Å². The number of anilines is 1. The Kier molecular flexibility index (Phi) is 9.35. The first-order chi connectivity index (χ1) is 11.0. The molecular formula is C17H29FIN5. The van der Waals surface area contributed by atoms with Gasteiger partial charge in [0, 0.05) is 51.5 Å². The van der Waals surface area contributed by atoms with Gasteiger partial charge in [-0.05, 0) is 30.2 Å². The Morgan fingerprint density at radius 3 is 2.42 bits per heavy atom. The van der Waals surface area contributed by atoms with Gasteiger partial charge in [0.05, 0.1) is 0 Å². The lowest BCUT2D eigenvalue weighted by atomic mass is 10.2. The van der Waals surface area contributed by atoms with Crippen molar-refractivity contribution in [3.8, 4) is 0 Å². The third-order valence-electron chi connectivity index (χ3n) is 3.92. The van der Waals surface area contributed by atoms with Crippen molar-refractivity contribution in [2.75, 3.05) is 50.7 Å². The van der Waals surface area contributed by atoms with Gasteiger partial charge in [0.1, 0.15) is 5.82 Å². The van der Waals surface area contributed by atoms with Crippen LogP contribution in [0.1, 0.15) is 13.8 Å². The van der Waals surface area contributed by atoms with E-state index in [4.69, 9.17) is 5.73 Å². The fourth-order valence-corrected chi connectivity index (χ4v) is 2.56. The molecular weight excluding hydrogens is 420 g/mol. The molecule has 1 heterocycles. The molecule has 0 aromatic heterocycles. The van der Waals surface area contributed by atoms with Crippen molar-refractivity contribution in [1.82, 2.24) is 10.2 Å². The third-order valence-corrected chi connectivity index (χ3v) is 3.92. The molecule has 1 aliphatic heterocycles. The minimum absolute atomic E-state index is 0. The van der Waals surface area contributed by atoms with Crippen LogP contribution in [-0.4, -0.2) is 56.7 Å². The summed E-state index contributed by atoms with van der Waals surface area (Å²) in [6, 6.07) is 6.73. The zero-order valence-corrected chi connectivity index (χ0v) is 16.9. The van der Waals surface area contributed by atoms with E-state index in [2.05, 4.69) is 34.0 Å². The number of benzene rings is 1. The minimum atomic E-state index is -0.185. The van der Waals surface area contributed by atoms with Crippen LogP contribution in [-0.2, 0) is 0 Å². The maximum atomic E-state index is 13.0. The Morgan fingerprint density at radius 1 is 1.21 bits per heavy atom. The minimum Gasteiger partial charge on any atom is -0.370 e. The molecule has 3 N–H and O–H groups in total. The molecule has 1 aliphatic rings. The summed E-state index contributed by atoms with van der Waals surface area (Å²) in [5.74, 6) is 0.869. The van der Waals surface area contributed by atoms with Gasteiger partial charge in [-0.1, -0.05) is 13.8 Å². The largest absolute Gasteiger partial charge is 0.370 e. The first kappa shape index (κ1) is 21.0. The van der Waals surface area contributed by atoms with E-state index in [9.17, 15) is 4.39 Å². The molecule has 5 nitrogen and oxygen atoms in total. The fraction of sp³-hybridized carbons (Fsp3) is 0.588. The Labute approximate surface area is 161 Å². The van der Waals surface area contributed by atoms with Crippen molar-refractivity contribution in [3.63, 3.8) is 0 Å². The van der Waals surface area contributed by atoms with Crippen molar-refractivity contribution in [1.29, 1.82) is 0 Å². The SMILES string of the molecule is CC(C)CN=C(N)NCCN1CCN(c2ccc(F)cc2)CC1.I. The molecule has 0 amide bonds. The highest BCUT2D eigenvalue weighted by Gasteiger charge is 2.16. The predicted octanol–water partition coefficient (Wildman–Crippen LogP) is 2.13. The van der Waals surface area contributed by atoms with Crippen LogP contribution in [0.4, 0.5) is 10.1 Å². The highest BCUT2D eigenvalue weighted by molar-refractivity contribution is 14.0. The van der Waals surface area contributed by atoms with Crippen molar-refractivity contribution in [2.45, 2.75) is 13.8 Å². The van der Waals surface area contributed by atoms with E-state index in [1.807, 2.05) is 12.1 Å². The topological polar surface area (TPSA) is 56.9 Å². The fourth-order valence-electron chi connectivity index (χ4n) is 2.56. The van der Waals surface area contributed by atoms with Crippen LogP contribution in [0.15, 0.2) is 29.3 Å². The summed E-state index contributed by atoms with van der Waals surface area (Å²) in [7, 11) is 0. The number of nitrogens with zero attached hydrogens (tertiary/aromatic N) is 3. The molecule has 1 aromatic rings. The zero-order chi connectivity index (χ0) is 16.7. The maximum absolute atomic E-state index is 13.0.